The zero-order chi connectivity index (χ0) is 19.5. The molecule has 152 valence electrons. The number of aliphatic hydroxyl groups is 1. The maximum atomic E-state index is 9.48. The summed E-state index contributed by atoms with van der Waals surface area (Å²) < 4.78 is 11.0. The first-order chi connectivity index (χ1) is 13.7. The predicted octanol–water partition coefficient (Wildman–Crippen LogP) is 1.63. The fourth-order valence-corrected chi connectivity index (χ4v) is 4.03. The fraction of sp³-hybridized carbons (Fsp3) is 0.600. The molecule has 1 aromatic heterocycles. The standard InChI is InChI=1S/C20H29N5O3/c1-27-17-8-15-16(9-18(17)28-2)23-20(25-7-5-13(11-25)12-26)24-19(15)22-14-4-3-6-21-10-14/h8-9,13-14,21,26H,3-7,10-12H2,1-2H3,(H,22,23,24)/t13?,14-/m0/s1. The Bertz CT molecular complexity index is 825. The highest BCUT2D eigenvalue weighted by Gasteiger charge is 2.26. The normalized spacial score (nSPS) is 22.5. The second-order valence-electron chi connectivity index (χ2n) is 7.57. The van der Waals surface area contributed by atoms with Gasteiger partial charge in [0.05, 0.1) is 19.7 Å². The zero-order valence-corrected chi connectivity index (χ0v) is 16.6. The monoisotopic (exact) mass is 387 g/mol. The number of piperidine rings is 1. The largest absolute Gasteiger partial charge is 0.493 e. The minimum absolute atomic E-state index is 0.202. The number of anilines is 2. The van der Waals surface area contributed by atoms with Gasteiger partial charge in [-0.3, -0.25) is 0 Å². The summed E-state index contributed by atoms with van der Waals surface area (Å²) in [6, 6.07) is 4.18. The molecule has 3 heterocycles. The van der Waals surface area contributed by atoms with Crippen LogP contribution in [0.2, 0.25) is 0 Å². The highest BCUT2D eigenvalue weighted by molar-refractivity contribution is 5.93. The number of nitrogens with one attached hydrogen (secondary N) is 2. The quantitative estimate of drug-likeness (QED) is 0.689. The van der Waals surface area contributed by atoms with Crippen LogP contribution in [0.5, 0.6) is 11.5 Å². The number of ether oxygens (including phenoxy) is 2. The number of aromatic nitrogens is 2. The Morgan fingerprint density at radius 3 is 2.71 bits per heavy atom. The van der Waals surface area contributed by atoms with E-state index in [4.69, 9.17) is 19.4 Å². The van der Waals surface area contributed by atoms with E-state index < -0.39 is 0 Å². The molecule has 4 rings (SSSR count). The average molecular weight is 387 g/mol. The van der Waals surface area contributed by atoms with Crippen molar-refractivity contribution in [2.24, 2.45) is 5.92 Å². The molecule has 0 amide bonds. The Kier molecular flexibility index (Phi) is 5.68. The number of hydrogen-bond donors (Lipinski definition) is 3. The number of hydrogen-bond acceptors (Lipinski definition) is 8. The van der Waals surface area contributed by atoms with Gasteiger partial charge in [0.1, 0.15) is 5.82 Å². The van der Waals surface area contributed by atoms with Gasteiger partial charge in [-0.15, -0.1) is 0 Å². The van der Waals surface area contributed by atoms with Gasteiger partial charge in [-0.2, -0.15) is 4.98 Å². The van der Waals surface area contributed by atoms with Gasteiger partial charge >= 0.3 is 0 Å². The third-order valence-electron chi connectivity index (χ3n) is 5.65. The minimum Gasteiger partial charge on any atom is -0.493 e. The molecular weight excluding hydrogens is 358 g/mol. The van der Waals surface area contributed by atoms with Crippen molar-refractivity contribution in [1.82, 2.24) is 15.3 Å². The van der Waals surface area contributed by atoms with E-state index in [0.717, 1.165) is 62.2 Å². The minimum atomic E-state index is 0.202. The molecular formula is C20H29N5O3. The van der Waals surface area contributed by atoms with E-state index in [2.05, 4.69) is 15.5 Å². The van der Waals surface area contributed by atoms with E-state index in [0.29, 0.717) is 23.5 Å². The van der Waals surface area contributed by atoms with Crippen LogP contribution in [-0.2, 0) is 0 Å². The van der Waals surface area contributed by atoms with Gasteiger partial charge in [0.15, 0.2) is 11.5 Å². The maximum Gasteiger partial charge on any atom is 0.227 e. The summed E-state index contributed by atoms with van der Waals surface area (Å²) >= 11 is 0. The number of benzene rings is 1. The third kappa shape index (κ3) is 3.79. The molecule has 2 aliphatic heterocycles. The van der Waals surface area contributed by atoms with E-state index in [1.54, 1.807) is 14.2 Å². The molecule has 3 N–H and O–H groups in total. The average Bonchev–Trinajstić information content (AvgIpc) is 3.23. The molecule has 0 bridgehead atoms. The lowest BCUT2D eigenvalue weighted by Gasteiger charge is -2.26. The van der Waals surface area contributed by atoms with Crippen LogP contribution in [-0.4, -0.2) is 68.1 Å². The van der Waals surface area contributed by atoms with Gasteiger partial charge in [0, 0.05) is 49.7 Å². The van der Waals surface area contributed by atoms with E-state index >= 15 is 0 Å². The van der Waals surface area contributed by atoms with Crippen LogP contribution in [0.15, 0.2) is 12.1 Å². The van der Waals surface area contributed by atoms with E-state index in [1.165, 1.54) is 0 Å². The molecule has 2 fully saturated rings. The van der Waals surface area contributed by atoms with Crippen molar-refractivity contribution in [3.8, 4) is 11.5 Å². The summed E-state index contributed by atoms with van der Waals surface area (Å²) in [5, 5.41) is 17.5. The Hall–Kier alpha value is -2.32. The maximum absolute atomic E-state index is 9.48. The molecule has 2 atom stereocenters. The van der Waals surface area contributed by atoms with Gasteiger partial charge < -0.3 is 30.1 Å². The molecule has 0 spiro atoms. The number of fused-ring (bicyclic) bond motifs is 1. The lowest BCUT2D eigenvalue weighted by Crippen LogP contribution is -2.38. The van der Waals surface area contributed by atoms with Crippen LogP contribution in [0.4, 0.5) is 11.8 Å². The van der Waals surface area contributed by atoms with E-state index in [9.17, 15) is 5.11 Å². The number of aliphatic hydroxyl groups excluding tert-OH is 1. The second kappa shape index (κ2) is 8.36. The molecule has 2 aliphatic rings. The second-order valence-corrected chi connectivity index (χ2v) is 7.57. The van der Waals surface area contributed by atoms with Gasteiger partial charge in [0.2, 0.25) is 5.95 Å². The van der Waals surface area contributed by atoms with E-state index in [-0.39, 0.29) is 12.5 Å². The first-order valence-electron chi connectivity index (χ1n) is 9.98. The van der Waals surface area contributed by atoms with Crippen LogP contribution in [0.1, 0.15) is 19.3 Å². The summed E-state index contributed by atoms with van der Waals surface area (Å²) in [6.07, 6.45) is 3.21. The molecule has 28 heavy (non-hydrogen) atoms. The summed E-state index contributed by atoms with van der Waals surface area (Å²) in [5.74, 6) is 3.12. The topological polar surface area (TPSA) is 91.8 Å². The number of methoxy groups -OCH3 is 2. The smallest absolute Gasteiger partial charge is 0.227 e. The lowest BCUT2D eigenvalue weighted by atomic mass is 10.1. The van der Waals surface area contributed by atoms with Crippen LogP contribution < -0.4 is 25.0 Å². The Labute approximate surface area is 165 Å². The SMILES string of the molecule is COc1cc2nc(N3CCC(CO)C3)nc(N[C@H]3CCCNC3)c2cc1OC. The molecule has 0 radical (unpaired) electrons. The Balaban J connectivity index is 1.75. The predicted molar refractivity (Wildman–Crippen MR) is 110 cm³/mol. The Morgan fingerprint density at radius 1 is 1.21 bits per heavy atom. The summed E-state index contributed by atoms with van der Waals surface area (Å²) in [4.78, 5) is 11.8. The van der Waals surface area contributed by atoms with Crippen LogP contribution in [0.25, 0.3) is 10.9 Å². The number of rotatable bonds is 6. The van der Waals surface area contributed by atoms with Crippen molar-refractivity contribution in [2.75, 3.05) is 57.2 Å². The highest BCUT2D eigenvalue weighted by Crippen LogP contribution is 2.36. The number of nitrogens with zero attached hydrogens (tertiary/aromatic N) is 3. The summed E-state index contributed by atoms with van der Waals surface area (Å²) in [7, 11) is 3.27. The van der Waals surface area contributed by atoms with Crippen molar-refractivity contribution in [2.45, 2.75) is 25.3 Å². The van der Waals surface area contributed by atoms with Gasteiger partial charge in [-0.05, 0) is 31.9 Å². The zero-order valence-electron chi connectivity index (χ0n) is 16.6. The van der Waals surface area contributed by atoms with Crippen LogP contribution in [0, 0.1) is 5.92 Å². The molecule has 1 aromatic carbocycles. The summed E-state index contributed by atoms with van der Waals surface area (Å²) in [6.45, 7) is 3.82. The van der Waals surface area contributed by atoms with Crippen molar-refractivity contribution < 1.29 is 14.6 Å². The molecule has 0 aliphatic carbocycles. The lowest BCUT2D eigenvalue weighted by molar-refractivity contribution is 0.238. The van der Waals surface area contributed by atoms with Crippen molar-refractivity contribution in [1.29, 1.82) is 0 Å². The molecule has 1 unspecified atom stereocenters. The third-order valence-corrected chi connectivity index (χ3v) is 5.65. The molecule has 8 nitrogen and oxygen atoms in total. The van der Waals surface area contributed by atoms with Gasteiger partial charge in [-0.1, -0.05) is 0 Å². The van der Waals surface area contributed by atoms with Crippen molar-refractivity contribution >= 4 is 22.7 Å². The van der Waals surface area contributed by atoms with E-state index in [1.807, 2.05) is 12.1 Å². The summed E-state index contributed by atoms with van der Waals surface area (Å²) in [5.41, 5.74) is 0.821. The highest BCUT2D eigenvalue weighted by atomic mass is 16.5. The molecule has 0 saturated carbocycles. The van der Waals surface area contributed by atoms with Crippen molar-refractivity contribution in [3.63, 3.8) is 0 Å². The molecule has 8 heteroatoms. The van der Waals surface area contributed by atoms with Crippen LogP contribution >= 0.6 is 0 Å². The molecule has 2 saturated heterocycles. The van der Waals surface area contributed by atoms with Crippen molar-refractivity contribution in [3.05, 3.63) is 12.1 Å². The van der Waals surface area contributed by atoms with Crippen LogP contribution in [0.3, 0.4) is 0 Å². The van der Waals surface area contributed by atoms with Gasteiger partial charge in [0.25, 0.3) is 0 Å². The first-order valence-corrected chi connectivity index (χ1v) is 9.98. The fourth-order valence-electron chi connectivity index (χ4n) is 4.03. The Morgan fingerprint density at radius 2 is 2.04 bits per heavy atom. The molecule has 2 aromatic rings. The van der Waals surface area contributed by atoms with Gasteiger partial charge in [-0.25, -0.2) is 4.98 Å². The first kappa shape index (κ1) is 19.0.